The molecule has 1 rings (SSSR count). The average Bonchev–Trinajstić information content (AvgIpc) is 2.63. The second kappa shape index (κ2) is 6.59. The number of ether oxygens (including phenoxy) is 1. The second-order valence-electron chi connectivity index (χ2n) is 5.43. The Bertz CT molecular complexity index is 438. The number of nitrogens with zero attached hydrogens (tertiary/aromatic N) is 2. The predicted molar refractivity (Wildman–Crippen MR) is 76.1 cm³/mol. The van der Waals surface area contributed by atoms with Crippen LogP contribution >= 0.6 is 0 Å². The monoisotopic (exact) mass is 267 g/mol. The minimum atomic E-state index is -0.478. The molecule has 0 aromatic carbocycles. The molecular weight excluding hydrogens is 242 g/mol. The third-order valence-corrected chi connectivity index (χ3v) is 3.35. The van der Waals surface area contributed by atoms with Crippen molar-refractivity contribution in [1.82, 2.24) is 9.55 Å². The zero-order chi connectivity index (χ0) is 14.6. The normalized spacial score (nSPS) is 12.7. The molecule has 5 nitrogen and oxygen atoms in total. The van der Waals surface area contributed by atoms with Gasteiger partial charge >= 0.3 is 5.97 Å². The molecule has 1 heterocycles. The Labute approximate surface area is 115 Å². The van der Waals surface area contributed by atoms with Crippen LogP contribution < -0.4 is 5.73 Å². The van der Waals surface area contributed by atoms with E-state index in [0.29, 0.717) is 11.7 Å². The van der Waals surface area contributed by atoms with Crippen LogP contribution in [-0.4, -0.2) is 22.6 Å². The number of nitrogen functional groups attached to an aromatic ring is 1. The molecule has 0 aliphatic rings. The zero-order valence-corrected chi connectivity index (χ0v) is 12.6. The Kier molecular flexibility index (Phi) is 5.39. The van der Waals surface area contributed by atoms with Gasteiger partial charge in [-0.05, 0) is 26.2 Å². The van der Waals surface area contributed by atoms with Crippen molar-refractivity contribution in [1.29, 1.82) is 0 Å². The van der Waals surface area contributed by atoms with Crippen molar-refractivity contribution >= 4 is 11.8 Å². The van der Waals surface area contributed by atoms with Gasteiger partial charge in [-0.1, -0.05) is 26.7 Å². The maximum Gasteiger partial charge on any atom is 0.360 e. The van der Waals surface area contributed by atoms with Gasteiger partial charge in [-0.15, -0.1) is 0 Å². The standard InChI is InChI=1S/C14H25N3O2/c1-9(2)7-6-8-10(3)17-11(4)16-12(13(17)15)14(18)19-5/h9-10H,6-8,15H2,1-5H3. The highest BCUT2D eigenvalue weighted by Crippen LogP contribution is 2.24. The van der Waals surface area contributed by atoms with Crippen LogP contribution in [0.1, 0.15) is 62.4 Å². The van der Waals surface area contributed by atoms with E-state index in [1.807, 2.05) is 11.5 Å². The summed E-state index contributed by atoms with van der Waals surface area (Å²) in [5.74, 6) is 1.39. The third kappa shape index (κ3) is 3.72. The molecule has 2 N–H and O–H groups in total. The van der Waals surface area contributed by atoms with Crippen LogP contribution in [0.25, 0.3) is 0 Å². The molecule has 19 heavy (non-hydrogen) atoms. The number of aromatic nitrogens is 2. The summed E-state index contributed by atoms with van der Waals surface area (Å²) in [4.78, 5) is 15.8. The van der Waals surface area contributed by atoms with Gasteiger partial charge in [0, 0.05) is 6.04 Å². The summed E-state index contributed by atoms with van der Waals surface area (Å²) >= 11 is 0. The molecule has 0 radical (unpaired) electrons. The molecule has 0 saturated heterocycles. The first-order valence-electron chi connectivity index (χ1n) is 6.81. The third-order valence-electron chi connectivity index (χ3n) is 3.35. The van der Waals surface area contributed by atoms with Gasteiger partial charge in [0.05, 0.1) is 7.11 Å². The van der Waals surface area contributed by atoms with Crippen molar-refractivity contribution in [2.45, 2.75) is 53.0 Å². The molecule has 0 saturated carbocycles. The second-order valence-corrected chi connectivity index (χ2v) is 5.43. The van der Waals surface area contributed by atoms with Crippen molar-refractivity contribution in [3.8, 4) is 0 Å². The van der Waals surface area contributed by atoms with Crippen molar-refractivity contribution in [2.24, 2.45) is 5.92 Å². The van der Waals surface area contributed by atoms with Crippen LogP contribution in [0.4, 0.5) is 5.82 Å². The Morgan fingerprint density at radius 3 is 2.53 bits per heavy atom. The Balaban J connectivity index is 2.82. The minimum absolute atomic E-state index is 0.218. The fourth-order valence-corrected chi connectivity index (χ4v) is 2.32. The lowest BCUT2D eigenvalue weighted by molar-refractivity contribution is 0.0595. The largest absolute Gasteiger partial charge is 0.464 e. The molecular formula is C14H25N3O2. The lowest BCUT2D eigenvalue weighted by atomic mass is 10.0. The Hall–Kier alpha value is -1.52. The SMILES string of the molecule is COC(=O)c1nc(C)n(C(C)CCCC(C)C)c1N. The first kappa shape index (κ1) is 15.5. The molecule has 0 fully saturated rings. The van der Waals surface area contributed by atoms with E-state index in [2.05, 4.69) is 30.5 Å². The zero-order valence-electron chi connectivity index (χ0n) is 12.6. The minimum Gasteiger partial charge on any atom is -0.464 e. The summed E-state index contributed by atoms with van der Waals surface area (Å²) < 4.78 is 6.61. The number of esters is 1. The lowest BCUT2D eigenvalue weighted by Gasteiger charge is -2.17. The van der Waals surface area contributed by atoms with E-state index in [9.17, 15) is 4.79 Å². The Morgan fingerprint density at radius 2 is 2.00 bits per heavy atom. The van der Waals surface area contributed by atoms with E-state index >= 15 is 0 Å². The van der Waals surface area contributed by atoms with Crippen LogP contribution in [0.3, 0.4) is 0 Å². The number of carbonyl (C=O) groups excluding carboxylic acids is 1. The predicted octanol–water partition coefficient (Wildman–Crippen LogP) is 2.95. The number of hydrogen-bond donors (Lipinski definition) is 1. The molecule has 1 atom stereocenters. The van der Waals surface area contributed by atoms with Gasteiger partial charge in [0.2, 0.25) is 0 Å². The highest BCUT2D eigenvalue weighted by Gasteiger charge is 2.21. The van der Waals surface area contributed by atoms with E-state index in [1.165, 1.54) is 13.5 Å². The number of carbonyl (C=O) groups is 1. The molecule has 0 amide bonds. The van der Waals surface area contributed by atoms with Crippen LogP contribution in [0.15, 0.2) is 0 Å². The molecule has 108 valence electrons. The van der Waals surface area contributed by atoms with Gasteiger partial charge in [-0.2, -0.15) is 0 Å². The quantitative estimate of drug-likeness (QED) is 0.804. The van der Waals surface area contributed by atoms with Crippen LogP contribution in [-0.2, 0) is 4.74 Å². The van der Waals surface area contributed by atoms with Gasteiger partial charge in [-0.25, -0.2) is 9.78 Å². The van der Waals surface area contributed by atoms with Crippen molar-refractivity contribution in [3.05, 3.63) is 11.5 Å². The molecule has 0 aliphatic heterocycles. The number of rotatable bonds is 6. The molecule has 1 aromatic rings. The van der Waals surface area contributed by atoms with E-state index in [0.717, 1.165) is 18.7 Å². The van der Waals surface area contributed by atoms with E-state index < -0.39 is 5.97 Å². The molecule has 0 spiro atoms. The summed E-state index contributed by atoms with van der Waals surface area (Å²) in [5, 5.41) is 0. The summed E-state index contributed by atoms with van der Waals surface area (Å²) in [7, 11) is 1.34. The number of methoxy groups -OCH3 is 1. The maximum atomic E-state index is 11.5. The van der Waals surface area contributed by atoms with Crippen LogP contribution in [0, 0.1) is 12.8 Å². The molecule has 1 unspecified atom stereocenters. The number of imidazole rings is 1. The lowest BCUT2D eigenvalue weighted by Crippen LogP contribution is -2.12. The van der Waals surface area contributed by atoms with Crippen molar-refractivity contribution in [2.75, 3.05) is 12.8 Å². The van der Waals surface area contributed by atoms with Gasteiger partial charge in [0.15, 0.2) is 5.69 Å². The number of aryl methyl sites for hydroxylation is 1. The fraction of sp³-hybridized carbons (Fsp3) is 0.714. The molecule has 5 heteroatoms. The summed E-state index contributed by atoms with van der Waals surface area (Å²) in [6.07, 6.45) is 3.37. The van der Waals surface area contributed by atoms with Gasteiger partial charge in [0.25, 0.3) is 0 Å². The number of nitrogens with two attached hydrogens (primary N) is 1. The first-order chi connectivity index (χ1) is 8.88. The molecule has 0 aliphatic carbocycles. The fourth-order valence-electron chi connectivity index (χ4n) is 2.32. The first-order valence-corrected chi connectivity index (χ1v) is 6.81. The summed E-state index contributed by atoms with van der Waals surface area (Å²) in [6.45, 7) is 8.40. The smallest absolute Gasteiger partial charge is 0.360 e. The number of anilines is 1. The number of hydrogen-bond acceptors (Lipinski definition) is 4. The maximum absolute atomic E-state index is 11.5. The van der Waals surface area contributed by atoms with Gasteiger partial charge < -0.3 is 15.0 Å². The van der Waals surface area contributed by atoms with Crippen LogP contribution in [0.5, 0.6) is 0 Å². The van der Waals surface area contributed by atoms with E-state index in [4.69, 9.17) is 5.73 Å². The van der Waals surface area contributed by atoms with E-state index in [1.54, 1.807) is 0 Å². The summed E-state index contributed by atoms with van der Waals surface area (Å²) in [5.41, 5.74) is 6.23. The molecule has 0 bridgehead atoms. The average molecular weight is 267 g/mol. The van der Waals surface area contributed by atoms with Crippen molar-refractivity contribution < 1.29 is 9.53 Å². The van der Waals surface area contributed by atoms with Crippen LogP contribution in [0.2, 0.25) is 0 Å². The topological polar surface area (TPSA) is 70.1 Å². The van der Waals surface area contributed by atoms with Crippen molar-refractivity contribution in [3.63, 3.8) is 0 Å². The highest BCUT2D eigenvalue weighted by molar-refractivity contribution is 5.92. The van der Waals surface area contributed by atoms with Gasteiger partial charge in [0.1, 0.15) is 11.6 Å². The highest BCUT2D eigenvalue weighted by atomic mass is 16.5. The molecule has 1 aromatic heterocycles. The van der Waals surface area contributed by atoms with E-state index in [-0.39, 0.29) is 11.7 Å². The Morgan fingerprint density at radius 1 is 1.37 bits per heavy atom. The summed E-state index contributed by atoms with van der Waals surface area (Å²) in [6, 6.07) is 0.240. The van der Waals surface area contributed by atoms with Gasteiger partial charge in [-0.3, -0.25) is 0 Å².